The monoisotopic (exact) mass is 420 g/mol. The molecule has 0 atom stereocenters. The van der Waals surface area contributed by atoms with Crippen molar-refractivity contribution < 1.29 is 13.2 Å². The highest BCUT2D eigenvalue weighted by Gasteiger charge is 2.30. The van der Waals surface area contributed by atoms with Gasteiger partial charge in [-0.2, -0.15) is 4.31 Å². The van der Waals surface area contributed by atoms with E-state index < -0.39 is 10.0 Å². The van der Waals surface area contributed by atoms with Crippen LogP contribution in [0.15, 0.2) is 78.2 Å². The van der Waals surface area contributed by atoms with Crippen molar-refractivity contribution in [3.8, 4) is 0 Å². The maximum absolute atomic E-state index is 12.8. The van der Waals surface area contributed by atoms with Crippen LogP contribution in [0.25, 0.3) is 16.8 Å². The largest absolute Gasteiger partial charge is 0.325 e. The normalized spacial score (nSPS) is 16.1. The van der Waals surface area contributed by atoms with Crippen molar-refractivity contribution in [1.29, 1.82) is 0 Å². The summed E-state index contributed by atoms with van der Waals surface area (Å²) in [4.78, 5) is 12.8. The van der Waals surface area contributed by atoms with Gasteiger partial charge in [0.25, 0.3) is 0 Å². The molecule has 6 heteroatoms. The van der Waals surface area contributed by atoms with Crippen LogP contribution in [0.2, 0.25) is 0 Å². The molecule has 154 valence electrons. The zero-order valence-corrected chi connectivity index (χ0v) is 17.4. The van der Waals surface area contributed by atoms with E-state index in [0.717, 1.165) is 22.0 Å². The number of piperidine rings is 1. The SMILES string of the molecule is O=C(Nc1cccc2ccccc12)C1CCN(S(=O)(=O)/C=C/c2ccccc2)CC1. The Bertz CT molecular complexity index is 1160. The molecule has 1 aliphatic heterocycles. The van der Waals surface area contributed by atoms with Crippen molar-refractivity contribution in [3.63, 3.8) is 0 Å². The number of nitrogens with one attached hydrogen (secondary N) is 1. The number of fused-ring (bicyclic) bond motifs is 1. The molecule has 30 heavy (non-hydrogen) atoms. The minimum atomic E-state index is -3.50. The molecule has 3 aromatic carbocycles. The van der Waals surface area contributed by atoms with Gasteiger partial charge in [0, 0.05) is 35.5 Å². The summed E-state index contributed by atoms with van der Waals surface area (Å²) in [5.74, 6) is -0.253. The van der Waals surface area contributed by atoms with Crippen LogP contribution in [0.1, 0.15) is 18.4 Å². The summed E-state index contributed by atoms with van der Waals surface area (Å²) in [5.41, 5.74) is 1.63. The number of rotatable bonds is 5. The molecule has 3 aromatic rings. The van der Waals surface area contributed by atoms with Crippen LogP contribution in [0.4, 0.5) is 5.69 Å². The van der Waals surface area contributed by atoms with Gasteiger partial charge in [-0.25, -0.2) is 8.42 Å². The van der Waals surface area contributed by atoms with E-state index in [9.17, 15) is 13.2 Å². The number of carbonyl (C=O) groups excluding carboxylic acids is 1. The van der Waals surface area contributed by atoms with Gasteiger partial charge in [0.2, 0.25) is 15.9 Å². The molecule has 1 heterocycles. The van der Waals surface area contributed by atoms with Gasteiger partial charge in [-0.05, 0) is 35.9 Å². The third kappa shape index (κ3) is 4.61. The number of amides is 1. The van der Waals surface area contributed by atoms with Crippen LogP contribution >= 0.6 is 0 Å². The van der Waals surface area contributed by atoms with E-state index in [1.165, 1.54) is 9.71 Å². The molecule has 0 aliphatic carbocycles. The van der Waals surface area contributed by atoms with E-state index >= 15 is 0 Å². The zero-order chi connectivity index (χ0) is 21.0. The quantitative estimate of drug-likeness (QED) is 0.661. The lowest BCUT2D eigenvalue weighted by Gasteiger charge is -2.29. The molecule has 0 spiro atoms. The third-order valence-electron chi connectivity index (χ3n) is 5.46. The number of sulfonamides is 1. The van der Waals surface area contributed by atoms with Crippen LogP contribution in [0, 0.1) is 5.92 Å². The van der Waals surface area contributed by atoms with Crippen LogP contribution in [-0.2, 0) is 14.8 Å². The predicted octanol–water partition coefficient (Wildman–Crippen LogP) is 4.49. The summed E-state index contributed by atoms with van der Waals surface area (Å²) in [5, 5.41) is 6.35. The summed E-state index contributed by atoms with van der Waals surface area (Å²) in [6.45, 7) is 0.685. The van der Waals surface area contributed by atoms with Crippen molar-refractivity contribution in [2.45, 2.75) is 12.8 Å². The number of hydrogen-bond donors (Lipinski definition) is 1. The van der Waals surface area contributed by atoms with Gasteiger partial charge >= 0.3 is 0 Å². The number of benzene rings is 3. The first kappa shape index (κ1) is 20.3. The summed E-state index contributed by atoms with van der Waals surface area (Å²) in [6, 6.07) is 23.1. The summed E-state index contributed by atoms with van der Waals surface area (Å²) in [7, 11) is -3.50. The van der Waals surface area contributed by atoms with Crippen molar-refractivity contribution in [1.82, 2.24) is 4.31 Å². The first-order valence-corrected chi connectivity index (χ1v) is 11.6. The standard InChI is InChI=1S/C24H24N2O3S/c27-24(25-23-12-6-10-20-9-4-5-11-22(20)23)21-13-16-26(17-14-21)30(28,29)18-15-19-7-2-1-3-8-19/h1-12,15,18,21H,13-14,16-17H2,(H,25,27)/b18-15+. The van der Waals surface area contributed by atoms with Crippen LogP contribution < -0.4 is 5.32 Å². The lowest BCUT2D eigenvalue weighted by molar-refractivity contribution is -0.120. The Morgan fingerprint density at radius 2 is 1.57 bits per heavy atom. The molecular formula is C24H24N2O3S. The first-order valence-electron chi connectivity index (χ1n) is 10.0. The fourth-order valence-electron chi connectivity index (χ4n) is 3.76. The fourth-order valence-corrected chi connectivity index (χ4v) is 4.98. The van der Waals surface area contributed by atoms with E-state index in [-0.39, 0.29) is 11.8 Å². The Kier molecular flexibility index (Phi) is 5.97. The average Bonchev–Trinajstić information content (AvgIpc) is 2.79. The van der Waals surface area contributed by atoms with Crippen molar-refractivity contribution >= 4 is 38.5 Å². The Morgan fingerprint density at radius 3 is 2.33 bits per heavy atom. The number of hydrogen-bond acceptors (Lipinski definition) is 3. The van der Waals surface area contributed by atoms with Crippen LogP contribution in [0.5, 0.6) is 0 Å². The lowest BCUT2D eigenvalue weighted by Crippen LogP contribution is -2.40. The molecule has 1 amide bonds. The predicted molar refractivity (Wildman–Crippen MR) is 121 cm³/mol. The topological polar surface area (TPSA) is 66.5 Å². The fraction of sp³-hybridized carbons (Fsp3) is 0.208. The lowest BCUT2D eigenvalue weighted by atomic mass is 9.97. The Labute approximate surface area is 177 Å². The molecule has 1 N–H and O–H groups in total. The van der Waals surface area contributed by atoms with Gasteiger partial charge in [-0.15, -0.1) is 0 Å². The summed E-state index contributed by atoms with van der Waals surface area (Å²) < 4.78 is 26.7. The van der Waals surface area contributed by atoms with E-state index in [0.29, 0.717) is 25.9 Å². The van der Waals surface area contributed by atoms with E-state index in [4.69, 9.17) is 0 Å². The molecule has 0 unspecified atom stereocenters. The molecule has 1 fully saturated rings. The zero-order valence-electron chi connectivity index (χ0n) is 16.6. The Balaban J connectivity index is 1.38. The van der Waals surface area contributed by atoms with Crippen molar-refractivity contribution in [2.24, 2.45) is 5.92 Å². The van der Waals surface area contributed by atoms with Gasteiger partial charge in [-0.3, -0.25) is 4.79 Å². The van der Waals surface area contributed by atoms with Gasteiger partial charge in [-0.1, -0.05) is 66.7 Å². The Hall–Kier alpha value is -2.96. The highest BCUT2D eigenvalue weighted by molar-refractivity contribution is 7.92. The molecular weight excluding hydrogens is 396 g/mol. The van der Waals surface area contributed by atoms with Crippen LogP contribution in [-0.4, -0.2) is 31.7 Å². The third-order valence-corrected chi connectivity index (χ3v) is 7.03. The number of anilines is 1. The molecule has 0 saturated carbocycles. The summed E-state index contributed by atoms with van der Waals surface area (Å²) >= 11 is 0. The van der Waals surface area contributed by atoms with E-state index in [2.05, 4.69) is 5.32 Å². The molecule has 0 aromatic heterocycles. The second-order valence-electron chi connectivity index (χ2n) is 7.45. The van der Waals surface area contributed by atoms with Gasteiger partial charge in [0.1, 0.15) is 0 Å². The minimum absolute atomic E-state index is 0.0526. The molecule has 5 nitrogen and oxygen atoms in total. The second kappa shape index (κ2) is 8.81. The highest BCUT2D eigenvalue weighted by atomic mass is 32.2. The Morgan fingerprint density at radius 1 is 0.900 bits per heavy atom. The maximum Gasteiger partial charge on any atom is 0.236 e. The van der Waals surface area contributed by atoms with Gasteiger partial charge < -0.3 is 5.32 Å². The van der Waals surface area contributed by atoms with Gasteiger partial charge in [0.15, 0.2) is 0 Å². The number of nitrogens with zero attached hydrogens (tertiary/aromatic N) is 1. The molecule has 1 aliphatic rings. The van der Waals surface area contributed by atoms with Crippen LogP contribution in [0.3, 0.4) is 0 Å². The minimum Gasteiger partial charge on any atom is -0.325 e. The van der Waals surface area contributed by atoms with Gasteiger partial charge in [0.05, 0.1) is 0 Å². The number of carbonyl (C=O) groups is 1. The maximum atomic E-state index is 12.8. The molecule has 0 radical (unpaired) electrons. The molecule has 4 rings (SSSR count). The van der Waals surface area contributed by atoms with Crippen molar-refractivity contribution in [3.05, 3.63) is 83.8 Å². The second-order valence-corrected chi connectivity index (χ2v) is 9.27. The first-order chi connectivity index (χ1) is 14.5. The molecule has 0 bridgehead atoms. The van der Waals surface area contributed by atoms with Crippen molar-refractivity contribution in [2.75, 3.05) is 18.4 Å². The molecule has 1 saturated heterocycles. The van der Waals surface area contributed by atoms with E-state index in [1.807, 2.05) is 72.8 Å². The summed E-state index contributed by atoms with van der Waals surface area (Å²) in [6.07, 6.45) is 2.62. The average molecular weight is 421 g/mol. The smallest absolute Gasteiger partial charge is 0.236 e. The highest BCUT2D eigenvalue weighted by Crippen LogP contribution is 2.26. The van der Waals surface area contributed by atoms with E-state index in [1.54, 1.807) is 6.08 Å².